The summed E-state index contributed by atoms with van der Waals surface area (Å²) < 4.78 is 15.4. The van der Waals surface area contributed by atoms with Crippen LogP contribution in [0.25, 0.3) is 0 Å². The molecule has 1 aromatic rings. The van der Waals surface area contributed by atoms with Gasteiger partial charge in [-0.1, -0.05) is 24.8 Å². The molecule has 10 heteroatoms. The van der Waals surface area contributed by atoms with Crippen LogP contribution in [0.5, 0.6) is 0 Å². The van der Waals surface area contributed by atoms with E-state index >= 15 is 0 Å². The third kappa shape index (κ3) is 9.27. The van der Waals surface area contributed by atoms with Gasteiger partial charge in [0.1, 0.15) is 19.3 Å². The third-order valence-corrected chi connectivity index (χ3v) is 6.55. The van der Waals surface area contributed by atoms with Crippen molar-refractivity contribution in [2.24, 2.45) is 0 Å². The molecule has 1 saturated heterocycles. The lowest BCUT2D eigenvalue weighted by atomic mass is 10.2. The van der Waals surface area contributed by atoms with E-state index in [0.29, 0.717) is 22.9 Å². The zero-order valence-electron chi connectivity index (χ0n) is 18.2. The van der Waals surface area contributed by atoms with Crippen LogP contribution in [-0.2, 0) is 19.0 Å². The van der Waals surface area contributed by atoms with Crippen LogP contribution in [0.3, 0.4) is 0 Å². The number of benzene rings is 1. The molecule has 0 spiro atoms. The van der Waals surface area contributed by atoms with Crippen LogP contribution in [0, 0.1) is 6.92 Å². The van der Waals surface area contributed by atoms with Crippen molar-refractivity contribution in [1.29, 1.82) is 0 Å². The maximum atomic E-state index is 12.3. The van der Waals surface area contributed by atoms with E-state index in [1.807, 2.05) is 6.92 Å². The molecule has 0 aliphatic carbocycles. The second-order valence-corrected chi connectivity index (χ2v) is 9.20. The minimum atomic E-state index is -0.704. The largest absolute Gasteiger partial charge is 0.459 e. The Bertz CT molecular complexity index is 862. The molecule has 1 aliphatic heterocycles. The maximum Gasteiger partial charge on any atom is 0.411 e. The summed E-state index contributed by atoms with van der Waals surface area (Å²) in [5.74, 6) is 2.63. The molecule has 1 heterocycles. The quantitative estimate of drug-likeness (QED) is 0.192. The summed E-state index contributed by atoms with van der Waals surface area (Å²) in [4.78, 5) is 35.6. The van der Waals surface area contributed by atoms with E-state index in [1.165, 1.54) is 12.5 Å². The molecule has 0 unspecified atom stereocenters. The molecule has 0 bridgehead atoms. The molecule has 0 aromatic heterocycles. The van der Waals surface area contributed by atoms with Crippen molar-refractivity contribution >= 4 is 53.1 Å². The van der Waals surface area contributed by atoms with Crippen LogP contribution in [0.4, 0.5) is 21.0 Å². The summed E-state index contributed by atoms with van der Waals surface area (Å²) in [5.41, 5.74) is 3.19. The minimum Gasteiger partial charge on any atom is -0.459 e. The smallest absolute Gasteiger partial charge is 0.411 e. The fraction of sp³-hybridized carbons (Fsp3) is 0.409. The zero-order valence-corrected chi connectivity index (χ0v) is 19.9. The number of thioether (sulfide) groups is 2. The number of hydrogen-bond donors (Lipinski definition) is 2. The lowest BCUT2D eigenvalue weighted by Gasteiger charge is -2.21. The van der Waals surface area contributed by atoms with Crippen molar-refractivity contribution < 1.29 is 28.6 Å². The predicted octanol–water partition coefficient (Wildman–Crippen LogP) is 4.62. The number of nitrogens with one attached hydrogen (secondary N) is 2. The summed E-state index contributed by atoms with van der Waals surface area (Å²) in [6.45, 7) is 10.6. The summed E-state index contributed by atoms with van der Waals surface area (Å²) in [5, 5.41) is 5.30. The SMILES string of the molecule is C=C1CSCC(OC(=O)Nc2ccc(C)c(NC(=O)OCCOC(=O)C(=C)C)c2)CSC1. The topological polar surface area (TPSA) is 103 Å². The normalized spacial score (nSPS) is 14.5. The van der Waals surface area contributed by atoms with Crippen molar-refractivity contribution in [3.8, 4) is 0 Å². The van der Waals surface area contributed by atoms with Gasteiger partial charge in [-0.3, -0.25) is 10.6 Å². The maximum absolute atomic E-state index is 12.3. The number of carbonyl (C=O) groups excluding carboxylic acids is 3. The van der Waals surface area contributed by atoms with Gasteiger partial charge >= 0.3 is 18.2 Å². The van der Waals surface area contributed by atoms with Crippen LogP contribution in [0.1, 0.15) is 12.5 Å². The van der Waals surface area contributed by atoms with Gasteiger partial charge in [-0.15, -0.1) is 0 Å². The summed E-state index contributed by atoms with van der Waals surface area (Å²) in [7, 11) is 0. The van der Waals surface area contributed by atoms with Crippen LogP contribution in [-0.4, -0.2) is 60.5 Å². The number of esters is 1. The molecule has 8 nitrogen and oxygen atoms in total. The van der Waals surface area contributed by atoms with Gasteiger partial charge in [0.15, 0.2) is 0 Å². The first-order chi connectivity index (χ1) is 15.2. The predicted molar refractivity (Wildman–Crippen MR) is 130 cm³/mol. The molecule has 174 valence electrons. The Kier molecular flexibility index (Phi) is 10.5. The van der Waals surface area contributed by atoms with E-state index in [9.17, 15) is 14.4 Å². The number of aryl methyl sites for hydroxylation is 1. The highest BCUT2D eigenvalue weighted by atomic mass is 32.2. The third-order valence-electron chi connectivity index (χ3n) is 4.11. The number of rotatable bonds is 7. The lowest BCUT2D eigenvalue weighted by molar-refractivity contribution is -0.139. The lowest BCUT2D eigenvalue weighted by Crippen LogP contribution is -2.27. The van der Waals surface area contributed by atoms with Crippen molar-refractivity contribution in [3.05, 3.63) is 48.1 Å². The molecule has 2 N–H and O–H groups in total. The standard InChI is InChI=1S/C22H28N2O6S2/c1-14(2)20(25)28-7-8-29-21(26)24-19-9-17(6-5-16(19)4)23-22(27)30-18-12-31-10-15(3)11-32-13-18/h5-6,9,18H,1,3,7-8,10-13H2,2,4H3,(H,23,27)(H,24,26). The van der Waals surface area contributed by atoms with Gasteiger partial charge in [0, 0.05) is 40.0 Å². The van der Waals surface area contributed by atoms with Crippen molar-refractivity contribution in [2.45, 2.75) is 20.0 Å². The zero-order chi connectivity index (χ0) is 23.5. The summed E-state index contributed by atoms with van der Waals surface area (Å²) in [6, 6.07) is 5.09. The highest BCUT2D eigenvalue weighted by Crippen LogP contribution is 2.23. The molecule has 1 fully saturated rings. The first-order valence-electron chi connectivity index (χ1n) is 9.91. The molecule has 2 rings (SSSR count). The second kappa shape index (κ2) is 13.1. The van der Waals surface area contributed by atoms with Gasteiger partial charge in [-0.25, -0.2) is 14.4 Å². The Morgan fingerprint density at radius 1 is 1.06 bits per heavy atom. The highest BCUT2D eigenvalue weighted by molar-refractivity contribution is 8.01. The molecule has 0 atom stereocenters. The van der Waals surface area contributed by atoms with E-state index < -0.39 is 18.2 Å². The van der Waals surface area contributed by atoms with Gasteiger partial charge in [-0.2, -0.15) is 23.5 Å². The fourth-order valence-electron chi connectivity index (χ4n) is 2.50. The average Bonchev–Trinajstić information content (AvgIpc) is 2.71. The number of ether oxygens (including phenoxy) is 3. The van der Waals surface area contributed by atoms with Crippen molar-refractivity contribution in [2.75, 3.05) is 46.9 Å². The fourth-order valence-corrected chi connectivity index (χ4v) is 4.69. The Morgan fingerprint density at radius 3 is 2.38 bits per heavy atom. The van der Waals surface area contributed by atoms with Crippen LogP contribution in [0.15, 0.2) is 42.5 Å². The Morgan fingerprint density at radius 2 is 1.72 bits per heavy atom. The monoisotopic (exact) mass is 480 g/mol. The van der Waals surface area contributed by atoms with Gasteiger partial charge in [0.2, 0.25) is 0 Å². The molecule has 0 radical (unpaired) electrons. The van der Waals surface area contributed by atoms with E-state index in [2.05, 4.69) is 23.8 Å². The molecular weight excluding hydrogens is 452 g/mol. The Balaban J connectivity index is 1.82. The molecule has 1 aromatic carbocycles. The molecule has 1 aliphatic rings. The van der Waals surface area contributed by atoms with Crippen LogP contribution < -0.4 is 10.6 Å². The van der Waals surface area contributed by atoms with E-state index in [0.717, 1.165) is 17.1 Å². The molecule has 0 saturated carbocycles. The van der Waals surface area contributed by atoms with E-state index in [-0.39, 0.29) is 24.9 Å². The molecule has 32 heavy (non-hydrogen) atoms. The first kappa shape index (κ1) is 25.7. The number of carbonyl (C=O) groups is 3. The van der Waals surface area contributed by atoms with Crippen LogP contribution >= 0.6 is 23.5 Å². The van der Waals surface area contributed by atoms with Crippen LogP contribution in [0.2, 0.25) is 0 Å². The summed E-state index contributed by atoms with van der Waals surface area (Å²) in [6.07, 6.45) is -1.44. The molecular formula is C22H28N2O6S2. The highest BCUT2D eigenvalue weighted by Gasteiger charge is 2.18. The van der Waals surface area contributed by atoms with E-state index in [1.54, 1.807) is 41.7 Å². The van der Waals surface area contributed by atoms with Crippen molar-refractivity contribution in [3.63, 3.8) is 0 Å². The number of amides is 2. The average molecular weight is 481 g/mol. The van der Waals surface area contributed by atoms with Gasteiger partial charge < -0.3 is 14.2 Å². The van der Waals surface area contributed by atoms with Crippen molar-refractivity contribution in [1.82, 2.24) is 0 Å². The number of anilines is 2. The Hall–Kier alpha value is -2.59. The molecule has 2 amide bonds. The first-order valence-corrected chi connectivity index (χ1v) is 12.2. The summed E-state index contributed by atoms with van der Waals surface area (Å²) >= 11 is 3.41. The van der Waals surface area contributed by atoms with Gasteiger partial charge in [0.25, 0.3) is 0 Å². The minimum absolute atomic E-state index is 0.0720. The van der Waals surface area contributed by atoms with Gasteiger partial charge in [0.05, 0.1) is 0 Å². The van der Waals surface area contributed by atoms with Gasteiger partial charge in [-0.05, 0) is 31.5 Å². The second-order valence-electron chi connectivity index (χ2n) is 7.14. The Labute approximate surface area is 196 Å². The number of hydrogen-bond acceptors (Lipinski definition) is 8. The van der Waals surface area contributed by atoms with E-state index in [4.69, 9.17) is 14.2 Å².